The lowest BCUT2D eigenvalue weighted by Gasteiger charge is -2.18. The van der Waals surface area contributed by atoms with Crippen molar-refractivity contribution >= 4 is 21.6 Å². The van der Waals surface area contributed by atoms with Crippen molar-refractivity contribution in [2.24, 2.45) is 0 Å². The summed E-state index contributed by atoms with van der Waals surface area (Å²) < 4.78 is 27.0. The number of carbonyl (C=O) groups excluding carboxylic acids is 1. The Kier molecular flexibility index (Phi) is 5.34. The highest BCUT2D eigenvalue weighted by Gasteiger charge is 2.27. The van der Waals surface area contributed by atoms with Gasteiger partial charge >= 0.3 is 0 Å². The monoisotopic (exact) mass is 424 g/mol. The second-order valence-electron chi connectivity index (χ2n) is 7.62. The van der Waals surface area contributed by atoms with Crippen molar-refractivity contribution in [3.8, 4) is 0 Å². The molecule has 0 fully saturated rings. The quantitative estimate of drug-likeness (QED) is 0.609. The van der Waals surface area contributed by atoms with Gasteiger partial charge in [0.25, 0.3) is 5.91 Å². The first-order valence-electron chi connectivity index (χ1n) is 9.72. The third kappa shape index (κ3) is 4.23. The molecule has 30 heavy (non-hydrogen) atoms. The number of hydrogen-bond acceptors (Lipinski definition) is 4. The van der Waals surface area contributed by atoms with Gasteiger partial charge in [0.2, 0.25) is 10.0 Å². The van der Waals surface area contributed by atoms with Crippen LogP contribution in [0.25, 0.3) is 0 Å². The van der Waals surface area contributed by atoms with Gasteiger partial charge in [-0.2, -0.15) is 5.10 Å². The highest BCUT2D eigenvalue weighted by atomic mass is 32.2. The molecule has 8 heteroatoms. The average Bonchev–Trinajstić information content (AvgIpc) is 3.34. The van der Waals surface area contributed by atoms with Crippen LogP contribution in [0.1, 0.15) is 27.0 Å². The average molecular weight is 425 g/mol. The van der Waals surface area contributed by atoms with Crippen molar-refractivity contribution < 1.29 is 13.2 Å². The normalized spacial score (nSPS) is 13.3. The van der Waals surface area contributed by atoms with Gasteiger partial charge < -0.3 is 4.90 Å². The Morgan fingerprint density at radius 2 is 1.90 bits per heavy atom. The maximum Gasteiger partial charge on any atom is 0.253 e. The minimum Gasteiger partial charge on any atom is -0.337 e. The molecule has 2 aromatic carbocycles. The van der Waals surface area contributed by atoms with Crippen LogP contribution in [0, 0.1) is 0 Å². The van der Waals surface area contributed by atoms with E-state index >= 15 is 0 Å². The zero-order chi connectivity index (χ0) is 21.3. The van der Waals surface area contributed by atoms with Crippen molar-refractivity contribution in [1.29, 1.82) is 0 Å². The number of sulfonamides is 1. The molecule has 1 amide bonds. The van der Waals surface area contributed by atoms with Crippen molar-refractivity contribution in [2.45, 2.75) is 19.5 Å². The zero-order valence-electron chi connectivity index (χ0n) is 17.0. The summed E-state index contributed by atoms with van der Waals surface area (Å²) in [5, 5.41) is 4.39. The maximum absolute atomic E-state index is 12.9. The number of nitrogens with zero attached hydrogens (tertiary/aromatic N) is 4. The molecular formula is C22H24N4O3S. The number of anilines is 1. The van der Waals surface area contributed by atoms with E-state index in [1.54, 1.807) is 36.3 Å². The van der Waals surface area contributed by atoms with Crippen LogP contribution < -0.4 is 4.31 Å². The molecular weight excluding hydrogens is 400 g/mol. The summed E-state index contributed by atoms with van der Waals surface area (Å²) >= 11 is 0. The van der Waals surface area contributed by atoms with Crippen LogP contribution in [-0.2, 0) is 29.5 Å². The minimum absolute atomic E-state index is 0.105. The van der Waals surface area contributed by atoms with Crippen molar-refractivity contribution in [1.82, 2.24) is 14.7 Å². The van der Waals surface area contributed by atoms with E-state index in [1.807, 2.05) is 29.1 Å². The zero-order valence-corrected chi connectivity index (χ0v) is 17.8. The molecule has 1 aliphatic rings. The molecule has 4 rings (SSSR count). The Labute approximate surface area is 176 Å². The van der Waals surface area contributed by atoms with Gasteiger partial charge in [-0.3, -0.25) is 13.8 Å². The molecule has 0 saturated heterocycles. The third-order valence-corrected chi connectivity index (χ3v) is 6.40. The number of hydrogen-bond donors (Lipinski definition) is 0. The summed E-state index contributed by atoms with van der Waals surface area (Å²) in [6.45, 7) is 1.54. The second-order valence-corrected chi connectivity index (χ2v) is 9.53. The first-order chi connectivity index (χ1) is 14.3. The summed E-state index contributed by atoms with van der Waals surface area (Å²) in [6.07, 6.45) is 5.54. The van der Waals surface area contributed by atoms with Crippen LogP contribution >= 0.6 is 0 Å². The number of benzene rings is 2. The highest BCUT2D eigenvalue weighted by molar-refractivity contribution is 7.92. The summed E-state index contributed by atoms with van der Waals surface area (Å²) in [5.41, 5.74) is 4.22. The fourth-order valence-corrected chi connectivity index (χ4v) is 4.72. The summed E-state index contributed by atoms with van der Waals surface area (Å²) in [6, 6.07) is 15.3. The van der Waals surface area contributed by atoms with Gasteiger partial charge in [-0.25, -0.2) is 8.42 Å². The van der Waals surface area contributed by atoms with Crippen LogP contribution in [0.3, 0.4) is 0 Å². The lowest BCUT2D eigenvalue weighted by molar-refractivity contribution is 0.0785. The van der Waals surface area contributed by atoms with Gasteiger partial charge in [0.1, 0.15) is 0 Å². The van der Waals surface area contributed by atoms with Gasteiger partial charge in [0, 0.05) is 37.5 Å². The van der Waals surface area contributed by atoms with Gasteiger partial charge in [0.15, 0.2) is 0 Å². The van der Waals surface area contributed by atoms with Crippen molar-refractivity contribution in [3.05, 3.63) is 83.2 Å². The number of amides is 1. The molecule has 0 unspecified atom stereocenters. The van der Waals surface area contributed by atoms with Crippen LogP contribution in [0.15, 0.2) is 60.9 Å². The molecule has 156 valence electrons. The molecule has 0 spiro atoms. The Morgan fingerprint density at radius 3 is 2.63 bits per heavy atom. The Morgan fingerprint density at radius 1 is 1.13 bits per heavy atom. The van der Waals surface area contributed by atoms with E-state index in [2.05, 4.69) is 17.2 Å². The van der Waals surface area contributed by atoms with Gasteiger partial charge in [-0.15, -0.1) is 0 Å². The molecule has 0 aliphatic carbocycles. The topological polar surface area (TPSA) is 75.5 Å². The molecule has 7 nitrogen and oxygen atoms in total. The predicted molar refractivity (Wildman–Crippen MR) is 116 cm³/mol. The SMILES string of the molecule is CN(Cc1cnn(Cc2ccccc2)c1)C(=O)c1ccc2c(c1)CCN2S(C)(=O)=O. The fourth-order valence-electron chi connectivity index (χ4n) is 3.76. The van der Waals surface area contributed by atoms with Crippen LogP contribution in [0.2, 0.25) is 0 Å². The molecule has 0 atom stereocenters. The van der Waals surface area contributed by atoms with E-state index in [-0.39, 0.29) is 5.91 Å². The highest BCUT2D eigenvalue weighted by Crippen LogP contribution is 2.31. The standard InChI is InChI=1S/C22H24N4O3S/c1-24(14-18-13-23-25(16-18)15-17-6-4-3-5-7-17)22(27)20-8-9-21-19(12-20)10-11-26(21)30(2,28)29/h3-9,12-13,16H,10-11,14-15H2,1-2H3. The number of rotatable bonds is 6. The molecule has 3 aromatic rings. The molecule has 0 bridgehead atoms. The minimum atomic E-state index is -3.30. The summed E-state index contributed by atoms with van der Waals surface area (Å²) in [5.74, 6) is -0.105. The second kappa shape index (κ2) is 7.95. The summed E-state index contributed by atoms with van der Waals surface area (Å²) in [4.78, 5) is 14.5. The van der Waals surface area contributed by atoms with Gasteiger partial charge in [-0.1, -0.05) is 30.3 Å². The molecule has 0 radical (unpaired) electrons. The van der Waals surface area contributed by atoms with E-state index in [9.17, 15) is 13.2 Å². The Bertz CT molecular complexity index is 1170. The molecule has 2 heterocycles. The van der Waals surface area contributed by atoms with E-state index in [1.165, 1.54) is 10.6 Å². The fraction of sp³-hybridized carbons (Fsp3) is 0.273. The predicted octanol–water partition coefficient (Wildman–Crippen LogP) is 2.53. The van der Waals surface area contributed by atoms with E-state index < -0.39 is 10.0 Å². The maximum atomic E-state index is 12.9. The van der Waals surface area contributed by atoms with Gasteiger partial charge in [0.05, 0.1) is 24.7 Å². The molecule has 0 saturated carbocycles. The first-order valence-corrected chi connectivity index (χ1v) is 11.6. The van der Waals surface area contributed by atoms with E-state index in [0.29, 0.717) is 37.3 Å². The number of fused-ring (bicyclic) bond motifs is 1. The Balaban J connectivity index is 1.43. The van der Waals surface area contributed by atoms with Crippen molar-refractivity contribution in [2.75, 3.05) is 24.2 Å². The van der Waals surface area contributed by atoms with Crippen LogP contribution in [-0.4, -0.2) is 48.9 Å². The lowest BCUT2D eigenvalue weighted by Crippen LogP contribution is -2.27. The van der Waals surface area contributed by atoms with Crippen LogP contribution in [0.5, 0.6) is 0 Å². The van der Waals surface area contributed by atoms with E-state index in [0.717, 1.165) is 16.7 Å². The Hall–Kier alpha value is -3.13. The van der Waals surface area contributed by atoms with Crippen molar-refractivity contribution in [3.63, 3.8) is 0 Å². The van der Waals surface area contributed by atoms with E-state index in [4.69, 9.17) is 0 Å². The lowest BCUT2D eigenvalue weighted by atomic mass is 10.1. The van der Waals surface area contributed by atoms with Crippen LogP contribution in [0.4, 0.5) is 5.69 Å². The molecule has 1 aromatic heterocycles. The number of carbonyl (C=O) groups is 1. The molecule has 0 N–H and O–H groups in total. The van der Waals surface area contributed by atoms with Gasteiger partial charge in [-0.05, 0) is 35.7 Å². The number of aromatic nitrogens is 2. The molecule has 1 aliphatic heterocycles. The third-order valence-electron chi connectivity index (χ3n) is 5.22. The largest absolute Gasteiger partial charge is 0.337 e. The smallest absolute Gasteiger partial charge is 0.253 e. The first kappa shape index (κ1) is 20.2. The summed E-state index contributed by atoms with van der Waals surface area (Å²) in [7, 11) is -1.54.